The first-order chi connectivity index (χ1) is 16.1. The van der Waals surface area contributed by atoms with Gasteiger partial charge in [-0.05, 0) is 46.5 Å². The monoisotopic (exact) mass is 443 g/mol. The molecule has 0 N–H and O–H groups in total. The van der Waals surface area contributed by atoms with Crippen molar-refractivity contribution in [2.75, 3.05) is 26.2 Å². The number of hydrogen-bond acceptors (Lipinski definition) is 6. The van der Waals surface area contributed by atoms with E-state index in [0.717, 1.165) is 27.9 Å². The van der Waals surface area contributed by atoms with Crippen molar-refractivity contribution in [2.24, 2.45) is 0 Å². The predicted molar refractivity (Wildman–Crippen MR) is 124 cm³/mol. The van der Waals surface area contributed by atoms with E-state index in [4.69, 9.17) is 14.2 Å². The molecule has 5 rings (SSSR count). The van der Waals surface area contributed by atoms with Gasteiger partial charge in [0.1, 0.15) is 17.8 Å². The largest absolute Gasteiger partial charge is 0.497 e. The Morgan fingerprint density at radius 1 is 0.667 bits per heavy atom. The second-order valence-electron chi connectivity index (χ2n) is 8.27. The van der Waals surface area contributed by atoms with Crippen molar-refractivity contribution >= 4 is 17.6 Å². The molecule has 0 spiro atoms. The first-order valence-electron chi connectivity index (χ1n) is 10.9. The first kappa shape index (κ1) is 21.1. The van der Waals surface area contributed by atoms with Crippen LogP contribution in [0.2, 0.25) is 0 Å². The van der Waals surface area contributed by atoms with Gasteiger partial charge in [-0.25, -0.2) is 9.59 Å². The van der Waals surface area contributed by atoms with Crippen LogP contribution in [0.5, 0.6) is 5.75 Å². The molecule has 3 aromatic carbocycles. The fraction of sp³-hybridized carbons (Fsp3) is 0.259. The topological polar surface area (TPSA) is 65.1 Å². The number of hydrogen-bond donors (Lipinski definition) is 0. The van der Waals surface area contributed by atoms with Gasteiger partial charge < -0.3 is 19.1 Å². The molecular formula is C27H25NO5. The average Bonchev–Trinajstić information content (AvgIpc) is 3.24. The van der Waals surface area contributed by atoms with Gasteiger partial charge in [-0.2, -0.15) is 0 Å². The highest BCUT2D eigenvalue weighted by atomic mass is 16.5. The summed E-state index contributed by atoms with van der Waals surface area (Å²) in [4.78, 5) is 28.5. The lowest BCUT2D eigenvalue weighted by Crippen LogP contribution is -2.46. The number of ether oxygens (including phenoxy) is 3. The molecule has 1 fully saturated rings. The van der Waals surface area contributed by atoms with E-state index in [9.17, 15) is 9.59 Å². The lowest BCUT2D eigenvalue weighted by molar-refractivity contribution is -0.143. The molecule has 0 radical (unpaired) electrons. The number of carbonyl (C=O) groups excluding carboxylic acids is 2. The summed E-state index contributed by atoms with van der Waals surface area (Å²) >= 11 is 0. The molecule has 0 unspecified atom stereocenters. The van der Waals surface area contributed by atoms with E-state index < -0.39 is 12.1 Å². The number of anilines is 1. The minimum Gasteiger partial charge on any atom is -0.497 e. The zero-order valence-electron chi connectivity index (χ0n) is 18.7. The van der Waals surface area contributed by atoms with Crippen LogP contribution >= 0.6 is 0 Å². The lowest BCUT2D eigenvalue weighted by Gasteiger charge is -2.33. The second-order valence-corrected chi connectivity index (χ2v) is 8.27. The smallest absolute Gasteiger partial charge is 0.329 e. The summed E-state index contributed by atoms with van der Waals surface area (Å²) in [5.74, 6) is -0.650. The van der Waals surface area contributed by atoms with E-state index in [0.29, 0.717) is 5.75 Å². The average molecular weight is 443 g/mol. The Morgan fingerprint density at radius 2 is 1.12 bits per heavy atom. The Labute approximate surface area is 192 Å². The fourth-order valence-corrected chi connectivity index (χ4v) is 5.54. The highest BCUT2D eigenvalue weighted by Gasteiger charge is 2.59. The molecule has 0 aromatic heterocycles. The van der Waals surface area contributed by atoms with Crippen LogP contribution in [-0.4, -0.2) is 45.4 Å². The van der Waals surface area contributed by atoms with E-state index in [1.165, 1.54) is 14.2 Å². The lowest BCUT2D eigenvalue weighted by atomic mass is 9.69. The van der Waals surface area contributed by atoms with E-state index in [2.05, 4.69) is 12.1 Å². The Bertz CT molecular complexity index is 1130. The first-order valence-corrected chi connectivity index (χ1v) is 10.9. The van der Waals surface area contributed by atoms with Crippen molar-refractivity contribution in [2.45, 2.75) is 23.9 Å². The number of benzene rings is 3. The van der Waals surface area contributed by atoms with E-state index in [1.54, 1.807) is 7.11 Å². The minimum atomic E-state index is -0.702. The molecule has 1 heterocycles. The third-order valence-corrected chi connectivity index (χ3v) is 6.85. The summed E-state index contributed by atoms with van der Waals surface area (Å²) in [6.45, 7) is 0. The fourth-order valence-electron chi connectivity index (χ4n) is 5.54. The number of rotatable bonds is 4. The van der Waals surface area contributed by atoms with Gasteiger partial charge in [0.05, 0.1) is 21.3 Å². The van der Waals surface area contributed by atoms with Gasteiger partial charge >= 0.3 is 11.9 Å². The van der Waals surface area contributed by atoms with Gasteiger partial charge in [-0.3, -0.25) is 0 Å². The zero-order chi connectivity index (χ0) is 23.1. The molecule has 2 aliphatic rings. The van der Waals surface area contributed by atoms with Crippen molar-refractivity contribution in [1.29, 1.82) is 0 Å². The summed E-state index contributed by atoms with van der Waals surface area (Å²) in [7, 11) is 4.37. The zero-order valence-corrected chi connectivity index (χ0v) is 18.7. The van der Waals surface area contributed by atoms with Crippen molar-refractivity contribution in [3.05, 3.63) is 83.9 Å². The summed E-state index contributed by atoms with van der Waals surface area (Å²) in [5.41, 5.74) is 4.93. The van der Waals surface area contributed by atoms with Gasteiger partial charge in [0.2, 0.25) is 0 Å². The van der Waals surface area contributed by atoms with Crippen LogP contribution < -0.4 is 9.64 Å². The van der Waals surface area contributed by atoms with Crippen LogP contribution in [0.4, 0.5) is 5.69 Å². The summed E-state index contributed by atoms with van der Waals surface area (Å²) < 4.78 is 15.9. The predicted octanol–water partition coefficient (Wildman–Crippen LogP) is 4.15. The molecule has 1 aliphatic heterocycles. The maximum Gasteiger partial charge on any atom is 0.329 e. The molecule has 33 heavy (non-hydrogen) atoms. The number of nitrogens with zero attached hydrogens (tertiary/aromatic N) is 1. The van der Waals surface area contributed by atoms with Crippen LogP contribution in [0.1, 0.15) is 23.0 Å². The van der Waals surface area contributed by atoms with Crippen LogP contribution in [0.3, 0.4) is 0 Å². The van der Waals surface area contributed by atoms with Gasteiger partial charge in [0.15, 0.2) is 0 Å². The molecule has 0 bridgehead atoms. The maximum atomic E-state index is 13.3. The summed E-state index contributed by atoms with van der Waals surface area (Å²) in [6, 6.07) is 22.1. The van der Waals surface area contributed by atoms with Crippen molar-refractivity contribution in [1.82, 2.24) is 0 Å². The second kappa shape index (κ2) is 8.28. The van der Waals surface area contributed by atoms with E-state index in [-0.39, 0.29) is 23.8 Å². The van der Waals surface area contributed by atoms with Crippen LogP contribution in [-0.2, 0) is 19.1 Å². The molecule has 1 saturated heterocycles. The molecule has 1 aliphatic carbocycles. The molecule has 0 saturated carbocycles. The Morgan fingerprint density at radius 3 is 1.55 bits per heavy atom. The number of esters is 2. The number of fused-ring (bicyclic) bond motifs is 6. The molecule has 3 aromatic rings. The molecule has 0 amide bonds. The van der Waals surface area contributed by atoms with Gasteiger partial charge in [-0.15, -0.1) is 0 Å². The SMILES string of the molecule is COC(=O)[C@H]1[C@@H]2c3ccccc3-c3ccccc3[C@@H]2[C@H](C(=O)OC)N1c1ccc(OC)cc1. The Hall–Kier alpha value is -3.80. The third-order valence-electron chi connectivity index (χ3n) is 6.85. The van der Waals surface area contributed by atoms with Crippen LogP contribution in [0, 0.1) is 0 Å². The summed E-state index contributed by atoms with van der Waals surface area (Å²) in [5, 5.41) is 0. The van der Waals surface area contributed by atoms with E-state index >= 15 is 0 Å². The quantitative estimate of drug-likeness (QED) is 0.565. The molecular weight excluding hydrogens is 418 g/mol. The highest BCUT2D eigenvalue weighted by molar-refractivity contribution is 5.93. The maximum absolute atomic E-state index is 13.3. The third kappa shape index (κ3) is 3.17. The van der Waals surface area contributed by atoms with Crippen molar-refractivity contribution < 1.29 is 23.8 Å². The van der Waals surface area contributed by atoms with Gasteiger partial charge in [0, 0.05) is 17.5 Å². The standard InChI is InChI=1S/C27H25NO5/c1-31-17-14-12-16(13-15-17)28-24(26(29)32-2)22-20-10-6-4-8-18(20)19-9-5-7-11-21(19)23(22)25(28)27(30)33-3/h4-15,22-25H,1-3H3/t22-,23+,24-,25-/m1/s1. The van der Waals surface area contributed by atoms with Crippen molar-refractivity contribution in [3.8, 4) is 16.9 Å². The van der Waals surface area contributed by atoms with Crippen LogP contribution in [0.15, 0.2) is 72.8 Å². The van der Waals surface area contributed by atoms with Crippen LogP contribution in [0.25, 0.3) is 11.1 Å². The Kier molecular flexibility index (Phi) is 5.29. The normalized spacial score (nSPS) is 22.6. The molecule has 168 valence electrons. The highest BCUT2D eigenvalue weighted by Crippen LogP contribution is 2.57. The molecule has 6 nitrogen and oxygen atoms in total. The molecule has 4 atom stereocenters. The Balaban J connectivity index is 1.79. The molecule has 6 heteroatoms. The van der Waals surface area contributed by atoms with Gasteiger partial charge in [0.25, 0.3) is 0 Å². The number of methoxy groups -OCH3 is 3. The van der Waals surface area contributed by atoms with Crippen molar-refractivity contribution in [3.63, 3.8) is 0 Å². The van der Waals surface area contributed by atoms with E-state index in [1.807, 2.05) is 65.6 Å². The van der Waals surface area contributed by atoms with Gasteiger partial charge in [-0.1, -0.05) is 48.5 Å². The number of carbonyl (C=O) groups is 2. The summed E-state index contributed by atoms with van der Waals surface area (Å²) in [6.07, 6.45) is 0. The minimum absolute atomic E-state index is 0.283.